The molecule has 3 heteroatoms. The molecule has 1 rings (SSSR count). The van der Waals surface area contributed by atoms with Crippen molar-refractivity contribution in [3.05, 3.63) is 28.7 Å². The molecule has 0 radical (unpaired) electrons. The Kier molecular flexibility index (Phi) is 3.54. The van der Waals surface area contributed by atoms with Gasteiger partial charge in [0.2, 0.25) is 0 Å². The molecule has 0 aliphatic heterocycles. The van der Waals surface area contributed by atoms with Gasteiger partial charge in [-0.2, -0.15) is 5.26 Å². The van der Waals surface area contributed by atoms with Gasteiger partial charge in [0, 0.05) is 4.47 Å². The van der Waals surface area contributed by atoms with E-state index >= 15 is 0 Å². The van der Waals surface area contributed by atoms with Crippen molar-refractivity contribution in [3.8, 4) is 11.8 Å². The molecule has 2 nitrogen and oxygen atoms in total. The van der Waals surface area contributed by atoms with Gasteiger partial charge in [-0.05, 0) is 38.1 Å². The van der Waals surface area contributed by atoms with E-state index in [-0.39, 0.29) is 0 Å². The summed E-state index contributed by atoms with van der Waals surface area (Å²) in [7, 11) is 0. The van der Waals surface area contributed by atoms with Crippen LogP contribution >= 0.6 is 15.9 Å². The van der Waals surface area contributed by atoms with Gasteiger partial charge in [0.05, 0.1) is 12.5 Å². The Bertz CT molecular complexity index is 337. The minimum atomic E-state index is -0.428. The lowest BCUT2D eigenvalue weighted by molar-refractivity contribution is 0.115. The molecule has 0 aromatic heterocycles. The summed E-state index contributed by atoms with van der Waals surface area (Å²) in [6, 6.07) is 9.69. The molecule has 0 amide bonds. The monoisotopic (exact) mass is 253 g/mol. The number of benzene rings is 1. The molecule has 0 saturated heterocycles. The van der Waals surface area contributed by atoms with Crippen molar-refractivity contribution in [2.75, 3.05) is 0 Å². The lowest BCUT2D eigenvalue weighted by atomic mass is 10.1. The van der Waals surface area contributed by atoms with Crippen LogP contribution in [-0.4, -0.2) is 5.60 Å². The summed E-state index contributed by atoms with van der Waals surface area (Å²) in [5.41, 5.74) is -0.428. The van der Waals surface area contributed by atoms with Crippen molar-refractivity contribution in [1.29, 1.82) is 5.26 Å². The van der Waals surface area contributed by atoms with Gasteiger partial charge in [0.15, 0.2) is 0 Å². The standard InChI is InChI=1S/C11H12BrNO/c1-11(2,7-8-13)14-10-5-3-9(12)4-6-10/h3-6H,7H2,1-2H3. The molecule has 0 N–H and O–H groups in total. The van der Waals surface area contributed by atoms with Gasteiger partial charge in [-0.3, -0.25) is 0 Å². The Morgan fingerprint density at radius 1 is 1.36 bits per heavy atom. The molecule has 0 fully saturated rings. The molecule has 14 heavy (non-hydrogen) atoms. The Labute approximate surface area is 92.6 Å². The first kappa shape index (κ1) is 11.1. The minimum Gasteiger partial charge on any atom is -0.487 e. The normalized spacial score (nSPS) is 10.7. The molecule has 0 atom stereocenters. The van der Waals surface area contributed by atoms with Gasteiger partial charge in [-0.25, -0.2) is 0 Å². The van der Waals surface area contributed by atoms with E-state index in [1.807, 2.05) is 38.1 Å². The highest BCUT2D eigenvalue weighted by Gasteiger charge is 2.18. The van der Waals surface area contributed by atoms with E-state index in [9.17, 15) is 0 Å². The number of hydrogen-bond donors (Lipinski definition) is 0. The summed E-state index contributed by atoms with van der Waals surface area (Å²) in [6.07, 6.45) is 0.378. The average Bonchev–Trinajstić information content (AvgIpc) is 2.08. The predicted octanol–water partition coefficient (Wildman–Crippen LogP) is 3.52. The second-order valence-corrected chi connectivity index (χ2v) is 4.57. The molecule has 1 aromatic carbocycles. The minimum absolute atomic E-state index is 0.378. The van der Waals surface area contributed by atoms with Gasteiger partial charge in [0.25, 0.3) is 0 Å². The molecule has 0 bridgehead atoms. The smallest absolute Gasteiger partial charge is 0.120 e. The summed E-state index contributed by atoms with van der Waals surface area (Å²) >= 11 is 3.35. The van der Waals surface area contributed by atoms with Crippen LogP contribution in [0.2, 0.25) is 0 Å². The van der Waals surface area contributed by atoms with E-state index in [4.69, 9.17) is 10.00 Å². The predicted molar refractivity (Wildman–Crippen MR) is 59.1 cm³/mol. The first-order valence-corrected chi connectivity index (χ1v) is 5.14. The zero-order chi connectivity index (χ0) is 10.6. The van der Waals surface area contributed by atoms with E-state index in [2.05, 4.69) is 22.0 Å². The van der Waals surface area contributed by atoms with Gasteiger partial charge < -0.3 is 4.74 Å². The molecule has 0 saturated carbocycles. The van der Waals surface area contributed by atoms with Crippen LogP contribution in [-0.2, 0) is 0 Å². The largest absolute Gasteiger partial charge is 0.487 e. The van der Waals surface area contributed by atoms with Crippen molar-refractivity contribution in [3.63, 3.8) is 0 Å². The third-order valence-electron chi connectivity index (χ3n) is 1.71. The fourth-order valence-corrected chi connectivity index (χ4v) is 1.31. The quantitative estimate of drug-likeness (QED) is 0.826. The van der Waals surface area contributed by atoms with Crippen molar-refractivity contribution in [1.82, 2.24) is 0 Å². The topological polar surface area (TPSA) is 33.0 Å². The number of halogens is 1. The summed E-state index contributed by atoms with van der Waals surface area (Å²) < 4.78 is 6.67. The van der Waals surface area contributed by atoms with E-state index in [1.54, 1.807) is 0 Å². The summed E-state index contributed by atoms with van der Waals surface area (Å²) in [4.78, 5) is 0. The fraction of sp³-hybridized carbons (Fsp3) is 0.364. The number of ether oxygens (including phenoxy) is 1. The first-order chi connectivity index (χ1) is 6.53. The number of nitriles is 1. The van der Waals surface area contributed by atoms with Crippen LogP contribution in [0.3, 0.4) is 0 Å². The second kappa shape index (κ2) is 4.47. The molecular formula is C11H12BrNO. The van der Waals surface area contributed by atoms with Gasteiger partial charge >= 0.3 is 0 Å². The van der Waals surface area contributed by atoms with E-state index in [1.165, 1.54) is 0 Å². The highest BCUT2D eigenvalue weighted by atomic mass is 79.9. The Morgan fingerprint density at radius 3 is 2.43 bits per heavy atom. The zero-order valence-electron chi connectivity index (χ0n) is 8.25. The fourth-order valence-electron chi connectivity index (χ4n) is 1.05. The first-order valence-electron chi connectivity index (χ1n) is 4.35. The highest BCUT2D eigenvalue weighted by molar-refractivity contribution is 9.10. The van der Waals surface area contributed by atoms with Crippen LogP contribution in [0.1, 0.15) is 20.3 Å². The average molecular weight is 254 g/mol. The van der Waals surface area contributed by atoms with Crippen LogP contribution < -0.4 is 4.74 Å². The number of hydrogen-bond acceptors (Lipinski definition) is 2. The van der Waals surface area contributed by atoms with E-state index in [0.717, 1.165) is 10.2 Å². The Balaban J connectivity index is 2.69. The lowest BCUT2D eigenvalue weighted by Gasteiger charge is -2.23. The molecule has 0 spiro atoms. The van der Waals surface area contributed by atoms with Gasteiger partial charge in [-0.15, -0.1) is 0 Å². The molecule has 0 aliphatic rings. The van der Waals surface area contributed by atoms with Crippen molar-refractivity contribution in [2.45, 2.75) is 25.9 Å². The maximum Gasteiger partial charge on any atom is 0.120 e. The second-order valence-electron chi connectivity index (χ2n) is 3.65. The van der Waals surface area contributed by atoms with Crippen molar-refractivity contribution in [2.24, 2.45) is 0 Å². The van der Waals surface area contributed by atoms with E-state index < -0.39 is 5.60 Å². The third kappa shape index (κ3) is 3.39. The lowest BCUT2D eigenvalue weighted by Crippen LogP contribution is -2.27. The maximum absolute atomic E-state index is 8.59. The molecule has 0 unspecified atom stereocenters. The molecular weight excluding hydrogens is 242 g/mol. The summed E-state index contributed by atoms with van der Waals surface area (Å²) in [6.45, 7) is 3.80. The van der Waals surface area contributed by atoms with Crippen molar-refractivity contribution < 1.29 is 4.74 Å². The Hall–Kier alpha value is -1.01. The zero-order valence-corrected chi connectivity index (χ0v) is 9.84. The maximum atomic E-state index is 8.59. The molecule has 74 valence electrons. The van der Waals surface area contributed by atoms with Crippen LogP contribution in [0, 0.1) is 11.3 Å². The van der Waals surface area contributed by atoms with Crippen LogP contribution in [0.15, 0.2) is 28.7 Å². The highest BCUT2D eigenvalue weighted by Crippen LogP contribution is 2.22. The van der Waals surface area contributed by atoms with E-state index in [0.29, 0.717) is 6.42 Å². The van der Waals surface area contributed by atoms with Gasteiger partial charge in [0.1, 0.15) is 11.4 Å². The molecule has 0 heterocycles. The molecule has 1 aromatic rings. The summed E-state index contributed by atoms with van der Waals surface area (Å²) in [5.74, 6) is 0.786. The number of nitrogens with zero attached hydrogens (tertiary/aromatic N) is 1. The van der Waals surface area contributed by atoms with Gasteiger partial charge in [-0.1, -0.05) is 15.9 Å². The summed E-state index contributed by atoms with van der Waals surface area (Å²) in [5, 5.41) is 8.59. The number of rotatable bonds is 3. The SMILES string of the molecule is CC(C)(CC#N)Oc1ccc(Br)cc1. The van der Waals surface area contributed by atoms with Crippen LogP contribution in [0.5, 0.6) is 5.75 Å². The molecule has 0 aliphatic carbocycles. The van der Waals surface area contributed by atoms with Crippen LogP contribution in [0.25, 0.3) is 0 Å². The van der Waals surface area contributed by atoms with Crippen LogP contribution in [0.4, 0.5) is 0 Å². The Morgan fingerprint density at radius 2 is 1.93 bits per heavy atom. The third-order valence-corrected chi connectivity index (χ3v) is 2.24. The van der Waals surface area contributed by atoms with Crippen molar-refractivity contribution >= 4 is 15.9 Å².